The van der Waals surface area contributed by atoms with Gasteiger partial charge in [-0.1, -0.05) is 19.0 Å². The third-order valence-electron chi connectivity index (χ3n) is 1.84. The van der Waals surface area contributed by atoms with Crippen molar-refractivity contribution in [3.63, 3.8) is 0 Å². The van der Waals surface area contributed by atoms with Gasteiger partial charge in [-0.2, -0.15) is 13.2 Å². The first-order chi connectivity index (χ1) is 7.24. The Kier molecular flexibility index (Phi) is 6.17. The van der Waals surface area contributed by atoms with E-state index in [4.69, 9.17) is 10.9 Å². The zero-order chi connectivity index (χ0) is 12.8. The Balaban J connectivity index is 4.21. The van der Waals surface area contributed by atoms with Crippen LogP contribution in [0.15, 0.2) is 5.16 Å². The molecule has 3 N–H and O–H groups in total. The van der Waals surface area contributed by atoms with Gasteiger partial charge in [0.15, 0.2) is 0 Å². The summed E-state index contributed by atoms with van der Waals surface area (Å²) in [4.78, 5) is 1.25. The van der Waals surface area contributed by atoms with E-state index in [1.54, 1.807) is 0 Å². The summed E-state index contributed by atoms with van der Waals surface area (Å²) >= 11 is 0. The predicted molar refractivity (Wildman–Crippen MR) is 55.4 cm³/mol. The van der Waals surface area contributed by atoms with E-state index in [0.717, 1.165) is 0 Å². The van der Waals surface area contributed by atoms with Crippen molar-refractivity contribution in [3.8, 4) is 0 Å². The molecule has 0 aliphatic heterocycles. The Morgan fingerprint density at radius 1 is 1.44 bits per heavy atom. The Bertz CT molecular complexity index is 229. The molecule has 0 aromatic carbocycles. The molecule has 0 unspecified atom stereocenters. The number of alkyl halides is 3. The number of halogens is 3. The molecule has 0 saturated carbocycles. The van der Waals surface area contributed by atoms with Gasteiger partial charge in [0.2, 0.25) is 0 Å². The summed E-state index contributed by atoms with van der Waals surface area (Å²) in [6.07, 6.45) is -4.10. The van der Waals surface area contributed by atoms with E-state index in [0.29, 0.717) is 6.54 Å². The molecular formula is C9H18F3N3O. The van der Waals surface area contributed by atoms with Gasteiger partial charge in [0.1, 0.15) is 5.84 Å². The number of oxime groups is 1. The second-order valence-electron chi connectivity index (χ2n) is 4.09. The number of nitrogens with zero attached hydrogens (tertiary/aromatic N) is 2. The molecule has 0 radical (unpaired) electrons. The molecule has 0 spiro atoms. The topological polar surface area (TPSA) is 61.8 Å². The summed E-state index contributed by atoms with van der Waals surface area (Å²) < 4.78 is 36.6. The minimum absolute atomic E-state index is 0.0593. The van der Waals surface area contributed by atoms with Gasteiger partial charge in [-0.15, -0.1) is 0 Å². The molecule has 7 heteroatoms. The Hall–Kier alpha value is -0.980. The van der Waals surface area contributed by atoms with Crippen LogP contribution in [0.1, 0.15) is 20.3 Å². The third kappa shape index (κ3) is 8.34. The van der Waals surface area contributed by atoms with Gasteiger partial charge >= 0.3 is 6.18 Å². The van der Waals surface area contributed by atoms with Crippen LogP contribution in [0.3, 0.4) is 0 Å². The van der Waals surface area contributed by atoms with E-state index in [1.807, 2.05) is 13.8 Å². The van der Waals surface area contributed by atoms with Crippen LogP contribution < -0.4 is 5.73 Å². The first-order valence-electron chi connectivity index (χ1n) is 5.00. The van der Waals surface area contributed by atoms with Gasteiger partial charge < -0.3 is 10.9 Å². The molecule has 16 heavy (non-hydrogen) atoms. The number of hydrogen-bond acceptors (Lipinski definition) is 3. The molecule has 96 valence electrons. The Morgan fingerprint density at radius 2 is 2.00 bits per heavy atom. The largest absolute Gasteiger partial charge is 0.409 e. The van der Waals surface area contributed by atoms with Crippen molar-refractivity contribution in [2.75, 3.05) is 19.6 Å². The quantitative estimate of drug-likeness (QED) is 0.321. The van der Waals surface area contributed by atoms with Crippen molar-refractivity contribution in [1.29, 1.82) is 0 Å². The van der Waals surface area contributed by atoms with Crippen LogP contribution in [0, 0.1) is 5.92 Å². The van der Waals surface area contributed by atoms with Crippen LogP contribution in [0.4, 0.5) is 13.2 Å². The molecule has 0 bridgehead atoms. The van der Waals surface area contributed by atoms with Crippen LogP contribution >= 0.6 is 0 Å². The Labute approximate surface area is 92.9 Å². The lowest BCUT2D eigenvalue weighted by atomic mass is 10.2. The summed E-state index contributed by atoms with van der Waals surface area (Å²) in [7, 11) is 0. The summed E-state index contributed by atoms with van der Waals surface area (Å²) in [6.45, 7) is 3.18. The zero-order valence-electron chi connectivity index (χ0n) is 9.46. The van der Waals surface area contributed by atoms with E-state index in [9.17, 15) is 13.2 Å². The number of hydrogen-bond donors (Lipinski definition) is 2. The van der Waals surface area contributed by atoms with Crippen LogP contribution in [-0.2, 0) is 0 Å². The second kappa shape index (κ2) is 6.57. The Morgan fingerprint density at radius 3 is 2.38 bits per heavy atom. The van der Waals surface area contributed by atoms with Crippen LogP contribution in [0.2, 0.25) is 0 Å². The summed E-state index contributed by atoms with van der Waals surface area (Å²) in [6, 6.07) is 0. The first-order valence-corrected chi connectivity index (χ1v) is 5.00. The highest BCUT2D eigenvalue weighted by atomic mass is 19.4. The highest BCUT2D eigenvalue weighted by Crippen LogP contribution is 2.17. The van der Waals surface area contributed by atoms with E-state index in [2.05, 4.69) is 5.16 Å². The maximum atomic E-state index is 12.2. The fourth-order valence-electron chi connectivity index (χ4n) is 1.33. The first kappa shape index (κ1) is 15.0. The van der Waals surface area contributed by atoms with E-state index >= 15 is 0 Å². The standard InChI is InChI=1S/C9H18F3N3O/c1-7(2)5-15(6-9(10,11)12)4-3-8(13)14-16/h7,16H,3-6H2,1-2H3,(H2,13,14). The molecule has 0 aliphatic carbocycles. The number of nitrogens with two attached hydrogens (primary N) is 1. The van der Waals surface area contributed by atoms with Crippen molar-refractivity contribution in [1.82, 2.24) is 4.90 Å². The smallest absolute Gasteiger partial charge is 0.401 e. The van der Waals surface area contributed by atoms with E-state index in [-0.39, 0.29) is 24.7 Å². The fraction of sp³-hybridized carbons (Fsp3) is 0.889. The van der Waals surface area contributed by atoms with Crippen molar-refractivity contribution in [2.45, 2.75) is 26.4 Å². The minimum atomic E-state index is -4.22. The van der Waals surface area contributed by atoms with Crippen molar-refractivity contribution < 1.29 is 18.4 Å². The molecular weight excluding hydrogens is 223 g/mol. The summed E-state index contributed by atoms with van der Waals surface area (Å²) in [5, 5.41) is 11.0. The molecule has 0 saturated heterocycles. The average molecular weight is 241 g/mol. The zero-order valence-corrected chi connectivity index (χ0v) is 9.46. The van der Waals surface area contributed by atoms with Crippen LogP contribution in [0.5, 0.6) is 0 Å². The number of amidine groups is 1. The molecule has 0 aromatic heterocycles. The molecule has 0 heterocycles. The third-order valence-corrected chi connectivity index (χ3v) is 1.84. The highest BCUT2D eigenvalue weighted by molar-refractivity contribution is 5.79. The van der Waals surface area contributed by atoms with Gasteiger partial charge in [0.05, 0.1) is 6.54 Å². The lowest BCUT2D eigenvalue weighted by Crippen LogP contribution is -2.38. The maximum Gasteiger partial charge on any atom is 0.401 e. The molecule has 4 nitrogen and oxygen atoms in total. The normalized spacial score (nSPS) is 13.8. The second-order valence-corrected chi connectivity index (χ2v) is 4.09. The molecule has 0 aromatic rings. The molecule has 0 atom stereocenters. The van der Waals surface area contributed by atoms with Crippen LogP contribution in [-0.4, -0.2) is 41.8 Å². The lowest BCUT2D eigenvalue weighted by Gasteiger charge is -2.24. The summed E-state index contributed by atoms with van der Waals surface area (Å²) in [5.74, 6) is 0.0746. The maximum absolute atomic E-state index is 12.2. The molecule has 0 rings (SSSR count). The SMILES string of the molecule is CC(C)CN(CCC(N)=NO)CC(F)(F)F. The fourth-order valence-corrected chi connectivity index (χ4v) is 1.33. The lowest BCUT2D eigenvalue weighted by molar-refractivity contribution is -0.146. The van der Waals surface area contributed by atoms with Gasteiger partial charge in [-0.3, -0.25) is 4.90 Å². The van der Waals surface area contributed by atoms with E-state index in [1.165, 1.54) is 4.90 Å². The highest BCUT2D eigenvalue weighted by Gasteiger charge is 2.30. The molecule has 0 amide bonds. The van der Waals surface area contributed by atoms with Crippen molar-refractivity contribution >= 4 is 5.84 Å². The molecule has 0 aliphatic rings. The van der Waals surface area contributed by atoms with Crippen molar-refractivity contribution in [3.05, 3.63) is 0 Å². The van der Waals surface area contributed by atoms with Gasteiger partial charge in [0, 0.05) is 19.5 Å². The van der Waals surface area contributed by atoms with Gasteiger partial charge in [-0.05, 0) is 5.92 Å². The monoisotopic (exact) mass is 241 g/mol. The summed E-state index contributed by atoms with van der Waals surface area (Å²) in [5.41, 5.74) is 5.21. The number of rotatable bonds is 6. The van der Waals surface area contributed by atoms with E-state index < -0.39 is 12.7 Å². The van der Waals surface area contributed by atoms with Gasteiger partial charge in [0.25, 0.3) is 0 Å². The van der Waals surface area contributed by atoms with Crippen LogP contribution in [0.25, 0.3) is 0 Å². The van der Waals surface area contributed by atoms with Gasteiger partial charge in [-0.25, -0.2) is 0 Å². The predicted octanol–water partition coefficient (Wildman–Crippen LogP) is 1.64. The molecule has 0 fully saturated rings. The average Bonchev–Trinajstić information content (AvgIpc) is 2.10. The van der Waals surface area contributed by atoms with Crippen molar-refractivity contribution in [2.24, 2.45) is 16.8 Å². The minimum Gasteiger partial charge on any atom is -0.409 e.